The molecule has 0 heterocycles. The maximum absolute atomic E-state index is 10.2. The predicted octanol–water partition coefficient (Wildman–Crippen LogP) is -0.921. The van der Waals surface area contributed by atoms with Gasteiger partial charge < -0.3 is 20.6 Å². The molecule has 8 heteroatoms. The third-order valence-corrected chi connectivity index (χ3v) is 1.89. The van der Waals surface area contributed by atoms with Crippen LogP contribution in [-0.4, -0.2) is 33.1 Å². The molecular formula is C4H12NO5PS. The Balaban J connectivity index is 0. The van der Waals surface area contributed by atoms with Gasteiger partial charge in [0, 0.05) is 0 Å². The summed E-state index contributed by atoms with van der Waals surface area (Å²) in [6, 6.07) is -1.19. The fourth-order valence-electron chi connectivity index (χ4n) is 0.431. The molecule has 0 saturated heterocycles. The van der Waals surface area contributed by atoms with Crippen molar-refractivity contribution in [3.63, 3.8) is 0 Å². The molecule has 0 aliphatic heterocycles. The summed E-state index contributed by atoms with van der Waals surface area (Å²) in [6.07, 6.45) is -0.694. The van der Waals surface area contributed by atoms with Crippen LogP contribution in [0.15, 0.2) is 0 Å². The normalized spacial score (nSPS) is 13.2. The molecule has 0 amide bonds. The molecule has 0 spiro atoms. The zero-order valence-corrected chi connectivity index (χ0v) is 8.07. The molecule has 5 N–H and O–H groups in total. The van der Waals surface area contributed by atoms with Gasteiger partial charge in [-0.25, -0.2) is 0 Å². The van der Waals surface area contributed by atoms with E-state index in [0.29, 0.717) is 0 Å². The Morgan fingerprint density at radius 3 is 2.17 bits per heavy atom. The number of carboxylic acids is 1. The van der Waals surface area contributed by atoms with E-state index in [1.165, 1.54) is 0 Å². The van der Waals surface area contributed by atoms with Gasteiger partial charge >= 0.3 is 13.6 Å². The van der Waals surface area contributed by atoms with Crippen molar-refractivity contribution >= 4 is 27.1 Å². The van der Waals surface area contributed by atoms with Crippen molar-refractivity contribution in [2.45, 2.75) is 12.5 Å². The molecule has 74 valence electrons. The molecule has 1 atom stereocenters. The molecule has 0 radical (unpaired) electrons. The van der Waals surface area contributed by atoms with Gasteiger partial charge in [0.1, 0.15) is 6.04 Å². The van der Waals surface area contributed by atoms with Gasteiger partial charge in [-0.05, 0) is 6.42 Å². The van der Waals surface area contributed by atoms with E-state index in [0.717, 1.165) is 0 Å². The predicted molar refractivity (Wildman–Crippen MR) is 47.5 cm³/mol. The molecule has 12 heavy (non-hydrogen) atoms. The minimum absolute atomic E-state index is 0. The molecule has 0 bridgehead atoms. The van der Waals surface area contributed by atoms with Crippen LogP contribution in [0.4, 0.5) is 0 Å². The quantitative estimate of drug-likeness (QED) is 0.452. The highest BCUT2D eigenvalue weighted by atomic mass is 32.1. The average Bonchev–Trinajstić information content (AvgIpc) is 1.80. The Morgan fingerprint density at radius 2 is 1.92 bits per heavy atom. The van der Waals surface area contributed by atoms with E-state index in [9.17, 15) is 9.36 Å². The molecule has 0 aromatic rings. The largest absolute Gasteiger partial charge is 0.480 e. The Morgan fingerprint density at radius 1 is 1.50 bits per heavy atom. The van der Waals surface area contributed by atoms with Crippen LogP contribution in [0.25, 0.3) is 0 Å². The maximum Gasteiger partial charge on any atom is 0.325 e. The Hall–Kier alpha value is -0.0700. The molecule has 0 aromatic heterocycles. The monoisotopic (exact) mass is 217 g/mol. The third kappa shape index (κ3) is 8.03. The summed E-state index contributed by atoms with van der Waals surface area (Å²) in [5.41, 5.74) is 4.98. The summed E-state index contributed by atoms with van der Waals surface area (Å²) in [4.78, 5) is 26.7. The maximum atomic E-state index is 10.2. The van der Waals surface area contributed by atoms with Crippen LogP contribution in [0.5, 0.6) is 0 Å². The number of hydrogen-bond donors (Lipinski definition) is 4. The minimum Gasteiger partial charge on any atom is -0.480 e. The molecule has 0 saturated carbocycles. The van der Waals surface area contributed by atoms with Crippen molar-refractivity contribution in [3.8, 4) is 0 Å². The fourth-order valence-corrected chi connectivity index (χ4v) is 1.05. The van der Waals surface area contributed by atoms with E-state index in [2.05, 4.69) is 0 Å². The van der Waals surface area contributed by atoms with Gasteiger partial charge in [-0.3, -0.25) is 9.36 Å². The number of hydrogen-bond acceptors (Lipinski definition) is 3. The van der Waals surface area contributed by atoms with Crippen molar-refractivity contribution in [1.29, 1.82) is 0 Å². The highest BCUT2D eigenvalue weighted by Gasteiger charge is 2.18. The third-order valence-electron chi connectivity index (χ3n) is 1.05. The fraction of sp³-hybridized carbons (Fsp3) is 0.750. The van der Waals surface area contributed by atoms with Crippen LogP contribution in [0.2, 0.25) is 0 Å². The summed E-state index contributed by atoms with van der Waals surface area (Å²) in [7, 11) is -4.10. The Bertz CT molecular complexity index is 192. The van der Waals surface area contributed by atoms with E-state index in [4.69, 9.17) is 20.6 Å². The lowest BCUT2D eigenvalue weighted by atomic mass is 10.2. The molecule has 6 nitrogen and oxygen atoms in total. The lowest BCUT2D eigenvalue weighted by Crippen LogP contribution is -2.30. The van der Waals surface area contributed by atoms with Crippen molar-refractivity contribution in [1.82, 2.24) is 0 Å². The van der Waals surface area contributed by atoms with E-state index in [1.807, 2.05) is 0 Å². The minimum atomic E-state index is -4.10. The van der Waals surface area contributed by atoms with Gasteiger partial charge in [-0.15, -0.1) is 0 Å². The van der Waals surface area contributed by atoms with E-state index >= 15 is 0 Å². The molecule has 0 aromatic carbocycles. The van der Waals surface area contributed by atoms with Gasteiger partial charge in [0.05, 0.1) is 6.16 Å². The topological polar surface area (TPSA) is 121 Å². The zero-order chi connectivity index (χ0) is 9.07. The first-order valence-electron chi connectivity index (χ1n) is 2.86. The van der Waals surface area contributed by atoms with Gasteiger partial charge in [0.25, 0.3) is 0 Å². The van der Waals surface area contributed by atoms with Crippen LogP contribution in [0.3, 0.4) is 0 Å². The molecular weight excluding hydrogens is 205 g/mol. The number of carbonyl (C=O) groups is 1. The van der Waals surface area contributed by atoms with Crippen LogP contribution >= 0.6 is 21.1 Å². The first-order chi connectivity index (χ1) is 4.83. The number of nitrogens with two attached hydrogens (primary N) is 1. The number of rotatable bonds is 4. The summed E-state index contributed by atoms with van der Waals surface area (Å²) < 4.78 is 10.2. The van der Waals surface area contributed by atoms with E-state index in [1.54, 1.807) is 0 Å². The highest BCUT2D eigenvalue weighted by Crippen LogP contribution is 2.35. The standard InChI is InChI=1S/C4H10NO5P.H2S/c5-3(4(6)7)1-2-11(8,9)10;/h3H,1-2,5H2,(H,6,7)(H2,8,9,10);1H2/t3-;/m0./s1. The zero-order valence-electron chi connectivity index (χ0n) is 6.17. The van der Waals surface area contributed by atoms with Crippen molar-refractivity contribution in [2.24, 2.45) is 5.73 Å². The molecule has 0 unspecified atom stereocenters. The second-order valence-electron chi connectivity index (χ2n) is 2.12. The molecule has 0 aliphatic carbocycles. The van der Waals surface area contributed by atoms with Crippen molar-refractivity contribution < 1.29 is 24.3 Å². The van der Waals surface area contributed by atoms with Crippen molar-refractivity contribution in [2.75, 3.05) is 6.16 Å². The van der Waals surface area contributed by atoms with E-state index < -0.39 is 25.8 Å². The van der Waals surface area contributed by atoms with Gasteiger partial charge in [-0.1, -0.05) is 0 Å². The van der Waals surface area contributed by atoms with Crippen LogP contribution < -0.4 is 5.73 Å². The highest BCUT2D eigenvalue weighted by molar-refractivity contribution is 7.59. The number of aliphatic carboxylic acids is 1. The van der Waals surface area contributed by atoms with Gasteiger partial charge in [-0.2, -0.15) is 13.5 Å². The SMILES string of the molecule is N[C@@H](CCP(=O)(O)O)C(=O)O.S. The van der Waals surface area contributed by atoms with Crippen LogP contribution in [0.1, 0.15) is 6.42 Å². The number of carboxylic acid groups (broad SMARTS) is 1. The smallest absolute Gasteiger partial charge is 0.325 e. The summed E-state index contributed by atoms with van der Waals surface area (Å²) in [5, 5.41) is 8.20. The lowest BCUT2D eigenvalue weighted by Gasteiger charge is -2.06. The second kappa shape index (κ2) is 5.55. The molecule has 0 fully saturated rings. The van der Waals surface area contributed by atoms with Crippen LogP contribution in [-0.2, 0) is 9.36 Å². The Labute approximate surface area is 76.4 Å². The lowest BCUT2D eigenvalue weighted by molar-refractivity contribution is -0.138. The first kappa shape index (κ1) is 14.5. The van der Waals surface area contributed by atoms with Crippen molar-refractivity contribution in [3.05, 3.63) is 0 Å². The Kier molecular flexibility index (Phi) is 6.69. The molecule has 0 rings (SSSR count). The van der Waals surface area contributed by atoms with E-state index in [-0.39, 0.29) is 19.9 Å². The average molecular weight is 217 g/mol. The first-order valence-corrected chi connectivity index (χ1v) is 4.65. The second-order valence-corrected chi connectivity index (χ2v) is 3.90. The molecule has 0 aliphatic rings. The summed E-state index contributed by atoms with van der Waals surface area (Å²) in [5.74, 6) is -1.25. The summed E-state index contributed by atoms with van der Waals surface area (Å²) >= 11 is 0. The van der Waals surface area contributed by atoms with Gasteiger partial charge in [0.2, 0.25) is 0 Å². The van der Waals surface area contributed by atoms with Gasteiger partial charge in [0.15, 0.2) is 0 Å². The summed E-state index contributed by atoms with van der Waals surface area (Å²) in [6.45, 7) is 0. The van der Waals surface area contributed by atoms with Crippen LogP contribution in [0, 0.1) is 0 Å².